The van der Waals surface area contributed by atoms with Gasteiger partial charge in [0.25, 0.3) is 0 Å². The molecule has 0 N–H and O–H groups in total. The fourth-order valence-corrected chi connectivity index (χ4v) is 3.90. The van der Waals surface area contributed by atoms with Crippen molar-refractivity contribution in [1.82, 2.24) is 4.98 Å². The van der Waals surface area contributed by atoms with Crippen LogP contribution in [0.25, 0.3) is 31.1 Å². The Kier molecular flexibility index (Phi) is 1.89. The third kappa shape index (κ3) is 1.26. The van der Waals surface area contributed by atoms with Crippen molar-refractivity contribution in [2.45, 2.75) is 0 Å². The van der Waals surface area contributed by atoms with Gasteiger partial charge in [-0.05, 0) is 12.1 Å². The summed E-state index contributed by atoms with van der Waals surface area (Å²) in [4.78, 5) is 4.53. The molecule has 96 valence electrons. The van der Waals surface area contributed by atoms with Crippen LogP contribution in [-0.2, 0) is 0 Å². The summed E-state index contributed by atoms with van der Waals surface area (Å²) < 4.78 is 13.4. The first-order valence-electron chi connectivity index (χ1n) is 6.40. The van der Waals surface area contributed by atoms with Crippen LogP contribution in [0.15, 0.2) is 42.6 Å². The SMILES string of the molecule is c1ccc2c(c1)ncc1sc3cc4c(cc3c12)OCO4. The monoisotopic (exact) mass is 279 g/mol. The van der Waals surface area contributed by atoms with Gasteiger partial charge in [-0.1, -0.05) is 18.2 Å². The third-order valence-electron chi connectivity index (χ3n) is 3.70. The predicted octanol–water partition coefficient (Wildman–Crippen LogP) is 4.33. The van der Waals surface area contributed by atoms with E-state index in [1.54, 1.807) is 11.3 Å². The Morgan fingerprint density at radius 1 is 0.950 bits per heavy atom. The van der Waals surface area contributed by atoms with E-state index in [2.05, 4.69) is 29.2 Å². The van der Waals surface area contributed by atoms with Crippen molar-refractivity contribution in [3.8, 4) is 11.5 Å². The largest absolute Gasteiger partial charge is 0.454 e. The normalized spacial score (nSPS) is 13.6. The zero-order valence-electron chi connectivity index (χ0n) is 10.4. The molecule has 0 unspecified atom stereocenters. The van der Waals surface area contributed by atoms with Crippen molar-refractivity contribution < 1.29 is 9.47 Å². The molecule has 0 spiro atoms. The molecule has 2 aromatic heterocycles. The number of benzene rings is 2. The molecule has 0 atom stereocenters. The summed E-state index contributed by atoms with van der Waals surface area (Å²) in [7, 11) is 0. The Labute approximate surface area is 118 Å². The molecule has 0 aliphatic carbocycles. The minimum atomic E-state index is 0.312. The molecule has 4 heteroatoms. The summed E-state index contributed by atoms with van der Waals surface area (Å²) in [5.74, 6) is 1.67. The van der Waals surface area contributed by atoms with Gasteiger partial charge in [-0.2, -0.15) is 0 Å². The maximum atomic E-state index is 5.50. The number of aromatic nitrogens is 1. The quantitative estimate of drug-likeness (QED) is 0.480. The molecular formula is C16H9NO2S. The lowest BCUT2D eigenvalue weighted by molar-refractivity contribution is 0.174. The van der Waals surface area contributed by atoms with Gasteiger partial charge in [0.1, 0.15) is 0 Å². The molecule has 20 heavy (non-hydrogen) atoms. The standard InChI is InChI=1S/C16H9NO2S/c1-2-4-11-9(3-1)16-10-5-12-13(19-8-18-12)6-14(10)20-15(16)7-17-11/h1-7H,8H2. The van der Waals surface area contributed by atoms with E-state index in [-0.39, 0.29) is 0 Å². The number of pyridine rings is 1. The lowest BCUT2D eigenvalue weighted by Gasteiger charge is -2.00. The van der Waals surface area contributed by atoms with Crippen molar-refractivity contribution >= 4 is 42.4 Å². The van der Waals surface area contributed by atoms with Gasteiger partial charge in [0.15, 0.2) is 11.5 Å². The lowest BCUT2D eigenvalue weighted by atomic mass is 10.1. The van der Waals surface area contributed by atoms with Crippen LogP contribution in [0, 0.1) is 0 Å². The highest BCUT2D eigenvalue weighted by atomic mass is 32.1. The van der Waals surface area contributed by atoms with Crippen molar-refractivity contribution in [2.24, 2.45) is 0 Å². The number of thiophene rings is 1. The van der Waals surface area contributed by atoms with Gasteiger partial charge >= 0.3 is 0 Å². The highest BCUT2D eigenvalue weighted by Gasteiger charge is 2.17. The second kappa shape index (κ2) is 3.61. The van der Waals surface area contributed by atoms with Crippen LogP contribution in [0.4, 0.5) is 0 Å². The number of nitrogens with zero attached hydrogens (tertiary/aromatic N) is 1. The van der Waals surface area contributed by atoms with Crippen LogP contribution < -0.4 is 9.47 Å². The molecule has 1 aliphatic rings. The van der Waals surface area contributed by atoms with Gasteiger partial charge in [0.2, 0.25) is 6.79 Å². The number of para-hydroxylation sites is 1. The van der Waals surface area contributed by atoms with Crippen LogP contribution in [-0.4, -0.2) is 11.8 Å². The second-order valence-electron chi connectivity index (χ2n) is 4.82. The molecule has 1 aliphatic heterocycles. The average Bonchev–Trinajstić information content (AvgIpc) is 3.07. The van der Waals surface area contributed by atoms with Crippen LogP contribution in [0.1, 0.15) is 0 Å². The van der Waals surface area contributed by atoms with Gasteiger partial charge in [-0.25, -0.2) is 0 Å². The molecule has 0 fully saturated rings. The predicted molar refractivity (Wildman–Crippen MR) is 80.8 cm³/mol. The molecule has 4 aromatic rings. The average molecular weight is 279 g/mol. The van der Waals surface area contributed by atoms with Crippen LogP contribution in [0.5, 0.6) is 11.5 Å². The van der Waals surface area contributed by atoms with E-state index in [0.29, 0.717) is 6.79 Å². The second-order valence-corrected chi connectivity index (χ2v) is 5.90. The van der Waals surface area contributed by atoms with Gasteiger partial charge < -0.3 is 9.47 Å². The summed E-state index contributed by atoms with van der Waals surface area (Å²) in [6, 6.07) is 12.4. The zero-order valence-corrected chi connectivity index (χ0v) is 11.2. The van der Waals surface area contributed by atoms with Crippen molar-refractivity contribution in [3.05, 3.63) is 42.6 Å². The van der Waals surface area contributed by atoms with E-state index < -0.39 is 0 Å². The molecule has 0 bridgehead atoms. The van der Waals surface area contributed by atoms with Crippen molar-refractivity contribution in [1.29, 1.82) is 0 Å². The van der Waals surface area contributed by atoms with Gasteiger partial charge in [-0.3, -0.25) is 4.98 Å². The smallest absolute Gasteiger partial charge is 0.231 e. The van der Waals surface area contributed by atoms with Crippen LogP contribution in [0.3, 0.4) is 0 Å². The highest BCUT2D eigenvalue weighted by molar-refractivity contribution is 7.26. The summed E-state index contributed by atoms with van der Waals surface area (Å²) in [6.07, 6.45) is 1.95. The van der Waals surface area contributed by atoms with E-state index in [9.17, 15) is 0 Å². The molecule has 0 radical (unpaired) electrons. The highest BCUT2D eigenvalue weighted by Crippen LogP contribution is 2.44. The summed E-state index contributed by atoms with van der Waals surface area (Å²) in [6.45, 7) is 0.312. The van der Waals surface area contributed by atoms with E-state index in [4.69, 9.17) is 9.47 Å². The molecule has 0 saturated heterocycles. The van der Waals surface area contributed by atoms with E-state index in [1.807, 2.05) is 18.3 Å². The third-order valence-corrected chi connectivity index (χ3v) is 4.79. The Hall–Kier alpha value is -2.33. The topological polar surface area (TPSA) is 31.4 Å². The Bertz CT molecular complexity index is 990. The number of ether oxygens (including phenoxy) is 2. The van der Waals surface area contributed by atoms with Crippen LogP contribution in [0.2, 0.25) is 0 Å². The van der Waals surface area contributed by atoms with Gasteiger partial charge in [0.05, 0.1) is 10.2 Å². The molecule has 0 amide bonds. The maximum Gasteiger partial charge on any atom is 0.231 e. The van der Waals surface area contributed by atoms with Crippen LogP contribution >= 0.6 is 11.3 Å². The lowest BCUT2D eigenvalue weighted by Crippen LogP contribution is -1.92. The molecular weight excluding hydrogens is 270 g/mol. The zero-order chi connectivity index (χ0) is 13.1. The summed E-state index contributed by atoms with van der Waals surface area (Å²) >= 11 is 1.74. The number of hydrogen-bond acceptors (Lipinski definition) is 4. The van der Waals surface area contributed by atoms with Crippen molar-refractivity contribution in [3.63, 3.8) is 0 Å². The number of fused-ring (bicyclic) bond motifs is 6. The molecule has 0 saturated carbocycles. The van der Waals surface area contributed by atoms with E-state index in [1.165, 1.54) is 25.6 Å². The fraction of sp³-hybridized carbons (Fsp3) is 0.0625. The maximum absolute atomic E-state index is 5.50. The summed E-state index contributed by atoms with van der Waals surface area (Å²) in [5.41, 5.74) is 1.03. The first-order chi connectivity index (χ1) is 9.90. The molecule has 2 aromatic carbocycles. The Balaban J connectivity index is 2.03. The van der Waals surface area contributed by atoms with E-state index in [0.717, 1.165) is 17.0 Å². The molecule has 3 nitrogen and oxygen atoms in total. The summed E-state index contributed by atoms with van der Waals surface area (Å²) in [5, 5.41) is 3.66. The minimum Gasteiger partial charge on any atom is -0.454 e. The molecule has 3 heterocycles. The first kappa shape index (κ1) is 10.5. The Morgan fingerprint density at radius 2 is 1.80 bits per heavy atom. The minimum absolute atomic E-state index is 0.312. The van der Waals surface area contributed by atoms with Crippen molar-refractivity contribution in [2.75, 3.05) is 6.79 Å². The Morgan fingerprint density at radius 3 is 2.75 bits per heavy atom. The first-order valence-corrected chi connectivity index (χ1v) is 7.21. The fourth-order valence-electron chi connectivity index (χ4n) is 2.80. The molecule has 5 rings (SSSR count). The van der Waals surface area contributed by atoms with Gasteiger partial charge in [-0.15, -0.1) is 11.3 Å². The number of hydrogen-bond donors (Lipinski definition) is 0. The number of rotatable bonds is 0. The van der Waals surface area contributed by atoms with E-state index >= 15 is 0 Å². The van der Waals surface area contributed by atoms with Gasteiger partial charge in [0, 0.05) is 33.1 Å².